The molecule has 0 saturated carbocycles. The van der Waals surface area contributed by atoms with Crippen molar-refractivity contribution in [1.82, 2.24) is 14.5 Å². The van der Waals surface area contributed by atoms with Crippen molar-refractivity contribution in [2.24, 2.45) is 0 Å². The summed E-state index contributed by atoms with van der Waals surface area (Å²) in [5.74, 6) is 1.03. The molecule has 6 heteroatoms. The fraction of sp³-hybridized carbons (Fsp3) is 0.267. The number of pyridine rings is 1. The van der Waals surface area contributed by atoms with Crippen molar-refractivity contribution in [2.45, 2.75) is 26.7 Å². The Balaban J connectivity index is 1.69. The number of amides is 1. The van der Waals surface area contributed by atoms with Gasteiger partial charge in [-0.1, -0.05) is 11.2 Å². The largest absolute Gasteiger partial charge is 0.360 e. The van der Waals surface area contributed by atoms with Gasteiger partial charge in [0, 0.05) is 24.4 Å². The quantitative estimate of drug-likeness (QED) is 0.799. The molecule has 3 heterocycles. The maximum Gasteiger partial charge on any atom is 0.226 e. The van der Waals surface area contributed by atoms with Crippen molar-refractivity contribution in [3.05, 3.63) is 47.6 Å². The fourth-order valence-corrected chi connectivity index (χ4v) is 2.33. The molecule has 3 aromatic rings. The fourth-order valence-electron chi connectivity index (χ4n) is 2.33. The van der Waals surface area contributed by atoms with E-state index in [1.807, 2.05) is 35.7 Å². The third-order valence-corrected chi connectivity index (χ3v) is 3.31. The van der Waals surface area contributed by atoms with Crippen LogP contribution in [0, 0.1) is 13.8 Å². The van der Waals surface area contributed by atoms with Crippen molar-refractivity contribution in [3.8, 4) is 0 Å². The van der Waals surface area contributed by atoms with E-state index in [1.165, 1.54) is 0 Å². The van der Waals surface area contributed by atoms with Crippen molar-refractivity contribution < 1.29 is 9.32 Å². The van der Waals surface area contributed by atoms with Crippen LogP contribution in [0.3, 0.4) is 0 Å². The minimum atomic E-state index is -0.0893. The van der Waals surface area contributed by atoms with Gasteiger partial charge in [-0.2, -0.15) is 0 Å². The molecule has 6 nitrogen and oxygen atoms in total. The van der Waals surface area contributed by atoms with E-state index in [-0.39, 0.29) is 5.91 Å². The molecular formula is C15H16N4O2. The summed E-state index contributed by atoms with van der Waals surface area (Å²) < 4.78 is 6.93. The Morgan fingerprint density at radius 1 is 1.38 bits per heavy atom. The van der Waals surface area contributed by atoms with Gasteiger partial charge in [-0.15, -0.1) is 0 Å². The van der Waals surface area contributed by atoms with E-state index in [4.69, 9.17) is 4.52 Å². The van der Waals surface area contributed by atoms with Gasteiger partial charge in [-0.05, 0) is 32.4 Å². The molecule has 0 aliphatic heterocycles. The highest BCUT2D eigenvalue weighted by Gasteiger charge is 2.11. The highest BCUT2D eigenvalue weighted by Crippen LogP contribution is 2.14. The Labute approximate surface area is 121 Å². The maximum absolute atomic E-state index is 11.9. The zero-order chi connectivity index (χ0) is 14.8. The van der Waals surface area contributed by atoms with Gasteiger partial charge < -0.3 is 14.2 Å². The van der Waals surface area contributed by atoms with Gasteiger partial charge in [0.05, 0.1) is 5.69 Å². The summed E-state index contributed by atoms with van der Waals surface area (Å²) in [5, 5.41) is 6.46. The molecule has 3 rings (SSSR count). The molecule has 3 aromatic heterocycles. The minimum absolute atomic E-state index is 0.0893. The van der Waals surface area contributed by atoms with Crippen LogP contribution in [-0.4, -0.2) is 20.4 Å². The van der Waals surface area contributed by atoms with Gasteiger partial charge in [-0.3, -0.25) is 4.79 Å². The maximum atomic E-state index is 11.9. The average Bonchev–Trinajstić information content (AvgIpc) is 2.99. The summed E-state index contributed by atoms with van der Waals surface area (Å²) in [6.07, 6.45) is 2.96. The Kier molecular flexibility index (Phi) is 3.43. The first kappa shape index (κ1) is 13.4. The van der Waals surface area contributed by atoms with Crippen LogP contribution < -0.4 is 5.32 Å². The van der Waals surface area contributed by atoms with E-state index in [0.717, 1.165) is 17.0 Å². The number of nitrogens with one attached hydrogen (secondary N) is 1. The average molecular weight is 284 g/mol. The number of fused-ring (bicyclic) bond motifs is 1. The molecule has 0 spiro atoms. The lowest BCUT2D eigenvalue weighted by Crippen LogP contribution is -2.13. The summed E-state index contributed by atoms with van der Waals surface area (Å²) >= 11 is 0. The number of anilines is 1. The second kappa shape index (κ2) is 5.40. The van der Waals surface area contributed by atoms with Crippen molar-refractivity contribution in [3.63, 3.8) is 0 Å². The topological polar surface area (TPSA) is 72.4 Å². The summed E-state index contributed by atoms with van der Waals surface area (Å²) in [6, 6.07) is 7.55. The first-order valence-electron chi connectivity index (χ1n) is 6.79. The Morgan fingerprint density at radius 3 is 3.00 bits per heavy atom. The van der Waals surface area contributed by atoms with Gasteiger partial charge in [0.1, 0.15) is 11.4 Å². The van der Waals surface area contributed by atoms with Crippen molar-refractivity contribution in [1.29, 1.82) is 0 Å². The molecule has 1 N–H and O–H groups in total. The van der Waals surface area contributed by atoms with Crippen LogP contribution in [0.15, 0.2) is 35.0 Å². The van der Waals surface area contributed by atoms with E-state index in [0.29, 0.717) is 24.4 Å². The lowest BCUT2D eigenvalue weighted by atomic mass is 10.2. The zero-order valence-electron chi connectivity index (χ0n) is 12.0. The molecule has 0 bridgehead atoms. The number of aryl methyl sites for hydroxylation is 3. The van der Waals surface area contributed by atoms with E-state index in [2.05, 4.69) is 15.5 Å². The van der Waals surface area contributed by atoms with Crippen LogP contribution in [0.1, 0.15) is 23.6 Å². The molecule has 0 unspecified atom stereocenters. The molecule has 0 radical (unpaired) electrons. The number of hydrogen-bond acceptors (Lipinski definition) is 4. The predicted molar refractivity (Wildman–Crippen MR) is 78.1 cm³/mol. The molecular weight excluding hydrogens is 268 g/mol. The second-order valence-corrected chi connectivity index (χ2v) is 4.94. The lowest BCUT2D eigenvalue weighted by Gasteiger charge is -2.03. The Morgan fingerprint density at radius 2 is 2.24 bits per heavy atom. The number of carbonyl (C=O) groups excluding carboxylic acids is 1. The molecule has 0 saturated heterocycles. The number of nitrogens with zero attached hydrogens (tertiary/aromatic N) is 3. The van der Waals surface area contributed by atoms with Gasteiger partial charge in [0.25, 0.3) is 0 Å². The van der Waals surface area contributed by atoms with Gasteiger partial charge in [0.2, 0.25) is 5.91 Å². The zero-order valence-corrected chi connectivity index (χ0v) is 12.0. The van der Waals surface area contributed by atoms with E-state index in [9.17, 15) is 4.79 Å². The number of hydrogen-bond donors (Lipinski definition) is 1. The number of aromatic nitrogens is 3. The third kappa shape index (κ3) is 2.79. The van der Waals surface area contributed by atoms with Crippen LogP contribution in [0.5, 0.6) is 0 Å². The van der Waals surface area contributed by atoms with Gasteiger partial charge >= 0.3 is 0 Å². The second-order valence-electron chi connectivity index (χ2n) is 4.94. The molecule has 0 aromatic carbocycles. The van der Waals surface area contributed by atoms with Crippen LogP contribution >= 0.6 is 0 Å². The van der Waals surface area contributed by atoms with E-state index < -0.39 is 0 Å². The Bertz CT molecular complexity index is 788. The standard InChI is InChI=1S/C15H16N4O2/c1-10-9-13(18-21-10)17-15(20)7-6-12-11(2)16-14-5-3-4-8-19(12)14/h3-5,8-9H,6-7H2,1-2H3,(H,17,18,20). The molecule has 1 amide bonds. The molecule has 0 atom stereocenters. The lowest BCUT2D eigenvalue weighted by molar-refractivity contribution is -0.116. The van der Waals surface area contributed by atoms with Gasteiger partial charge in [-0.25, -0.2) is 4.98 Å². The number of rotatable bonds is 4. The van der Waals surface area contributed by atoms with E-state index in [1.54, 1.807) is 13.0 Å². The molecule has 0 fully saturated rings. The van der Waals surface area contributed by atoms with Crippen LogP contribution in [0.25, 0.3) is 5.65 Å². The number of imidazole rings is 1. The van der Waals surface area contributed by atoms with Crippen molar-refractivity contribution in [2.75, 3.05) is 5.32 Å². The number of carbonyl (C=O) groups is 1. The summed E-state index contributed by atoms with van der Waals surface area (Å²) in [7, 11) is 0. The predicted octanol–water partition coefficient (Wildman–Crippen LogP) is 2.51. The van der Waals surface area contributed by atoms with Crippen LogP contribution in [0.4, 0.5) is 5.82 Å². The van der Waals surface area contributed by atoms with Crippen molar-refractivity contribution >= 4 is 17.4 Å². The monoisotopic (exact) mass is 284 g/mol. The summed E-state index contributed by atoms with van der Waals surface area (Å²) in [5.41, 5.74) is 2.90. The smallest absolute Gasteiger partial charge is 0.226 e. The normalized spacial score (nSPS) is 11.0. The van der Waals surface area contributed by atoms with Gasteiger partial charge in [0.15, 0.2) is 5.82 Å². The molecule has 0 aliphatic rings. The highest BCUT2D eigenvalue weighted by molar-refractivity contribution is 5.89. The summed E-state index contributed by atoms with van der Waals surface area (Å²) in [6.45, 7) is 3.74. The molecule has 21 heavy (non-hydrogen) atoms. The van der Waals surface area contributed by atoms with Crippen LogP contribution in [-0.2, 0) is 11.2 Å². The van der Waals surface area contributed by atoms with E-state index >= 15 is 0 Å². The Hall–Kier alpha value is -2.63. The SMILES string of the molecule is Cc1cc(NC(=O)CCc2c(C)nc3ccccn23)no1. The summed E-state index contributed by atoms with van der Waals surface area (Å²) in [4.78, 5) is 16.4. The first-order chi connectivity index (χ1) is 10.1. The minimum Gasteiger partial charge on any atom is -0.360 e. The molecule has 108 valence electrons. The molecule has 0 aliphatic carbocycles. The first-order valence-corrected chi connectivity index (χ1v) is 6.79. The third-order valence-electron chi connectivity index (χ3n) is 3.31. The van der Waals surface area contributed by atoms with Crippen LogP contribution in [0.2, 0.25) is 0 Å². The highest BCUT2D eigenvalue weighted by atomic mass is 16.5.